The molecule has 0 saturated heterocycles. The minimum atomic E-state index is -0.462. The molecule has 0 fully saturated rings. The zero-order chi connectivity index (χ0) is 9.84. The van der Waals surface area contributed by atoms with Crippen molar-refractivity contribution in [2.24, 2.45) is 5.73 Å². The van der Waals surface area contributed by atoms with Gasteiger partial charge in [-0.25, -0.2) is 0 Å². The number of amides is 1. The van der Waals surface area contributed by atoms with Gasteiger partial charge in [-0.15, -0.1) is 0 Å². The molecule has 2 nitrogen and oxygen atoms in total. The van der Waals surface area contributed by atoms with Crippen LogP contribution < -0.4 is 5.73 Å². The van der Waals surface area contributed by atoms with E-state index in [4.69, 9.17) is 17.3 Å². The van der Waals surface area contributed by atoms with Crippen molar-refractivity contribution in [3.63, 3.8) is 0 Å². The van der Waals surface area contributed by atoms with Gasteiger partial charge in [0.2, 0.25) is 5.91 Å². The van der Waals surface area contributed by atoms with Crippen molar-refractivity contribution in [2.45, 2.75) is 6.92 Å². The van der Waals surface area contributed by atoms with E-state index in [2.05, 4.69) is 0 Å². The molecule has 13 heavy (non-hydrogen) atoms. The van der Waals surface area contributed by atoms with Crippen molar-refractivity contribution in [1.82, 2.24) is 0 Å². The number of carbonyl (C=O) groups excluding carboxylic acids is 1. The van der Waals surface area contributed by atoms with Crippen LogP contribution in [-0.2, 0) is 4.79 Å². The second-order valence-corrected chi connectivity index (χ2v) is 3.14. The first-order valence-electron chi connectivity index (χ1n) is 3.84. The van der Waals surface area contributed by atoms with Crippen LogP contribution in [0.15, 0.2) is 46.6 Å². The fourth-order valence-corrected chi connectivity index (χ4v) is 1.18. The van der Waals surface area contributed by atoms with Crippen LogP contribution in [0, 0.1) is 0 Å². The lowest BCUT2D eigenvalue weighted by atomic mass is 10.1. The van der Waals surface area contributed by atoms with E-state index < -0.39 is 5.91 Å². The van der Waals surface area contributed by atoms with Gasteiger partial charge in [0.25, 0.3) is 0 Å². The molecule has 0 aromatic carbocycles. The van der Waals surface area contributed by atoms with Crippen LogP contribution >= 0.6 is 11.6 Å². The normalized spacial score (nSPS) is 23.1. The summed E-state index contributed by atoms with van der Waals surface area (Å²) in [7, 11) is 0. The van der Waals surface area contributed by atoms with E-state index >= 15 is 0 Å². The summed E-state index contributed by atoms with van der Waals surface area (Å²) in [5, 5.41) is 0.498. The Morgan fingerprint density at radius 1 is 1.38 bits per heavy atom. The molecule has 1 rings (SSSR count). The third-order valence-corrected chi connectivity index (χ3v) is 1.92. The van der Waals surface area contributed by atoms with Crippen molar-refractivity contribution in [3.8, 4) is 0 Å². The molecule has 3 heteroatoms. The molecule has 0 heterocycles. The van der Waals surface area contributed by atoms with E-state index in [1.807, 2.05) is 19.1 Å². The molecule has 1 aliphatic rings. The summed E-state index contributed by atoms with van der Waals surface area (Å²) in [6.07, 6.45) is 8.71. The third-order valence-electron chi connectivity index (χ3n) is 1.69. The summed E-state index contributed by atoms with van der Waals surface area (Å²) in [5.74, 6) is -0.462. The fraction of sp³-hybridized carbons (Fsp3) is 0.100. The Labute approximate surface area is 82.1 Å². The molecule has 0 spiro atoms. The highest BCUT2D eigenvalue weighted by Gasteiger charge is 2.07. The first-order valence-corrected chi connectivity index (χ1v) is 4.21. The van der Waals surface area contributed by atoms with Crippen molar-refractivity contribution < 1.29 is 4.79 Å². The minimum absolute atomic E-state index is 0.450. The second kappa shape index (κ2) is 4.10. The van der Waals surface area contributed by atoms with Gasteiger partial charge in [-0.05, 0) is 24.6 Å². The van der Waals surface area contributed by atoms with Crippen LogP contribution in [0.4, 0.5) is 0 Å². The largest absolute Gasteiger partial charge is 0.366 e. The van der Waals surface area contributed by atoms with E-state index in [0.29, 0.717) is 10.6 Å². The van der Waals surface area contributed by atoms with Gasteiger partial charge in [0.15, 0.2) is 0 Å². The number of rotatable bonds is 1. The molecular weight excluding hydrogens is 186 g/mol. The quantitative estimate of drug-likeness (QED) is 0.684. The molecule has 1 amide bonds. The summed E-state index contributed by atoms with van der Waals surface area (Å²) >= 11 is 5.80. The lowest BCUT2D eigenvalue weighted by Gasteiger charge is -2.03. The number of allylic oxidation sites excluding steroid dienone is 6. The fourth-order valence-electron chi connectivity index (χ4n) is 1.00. The van der Waals surface area contributed by atoms with Gasteiger partial charge in [-0.2, -0.15) is 0 Å². The molecule has 0 aromatic heterocycles. The summed E-state index contributed by atoms with van der Waals surface area (Å²) in [5.41, 5.74) is 6.45. The Morgan fingerprint density at radius 2 is 2.00 bits per heavy atom. The Kier molecular flexibility index (Phi) is 3.09. The number of primary amides is 1. The highest BCUT2D eigenvalue weighted by atomic mass is 35.5. The van der Waals surface area contributed by atoms with Gasteiger partial charge >= 0.3 is 0 Å². The second-order valence-electron chi connectivity index (χ2n) is 2.71. The highest BCUT2D eigenvalue weighted by molar-refractivity contribution is 6.31. The van der Waals surface area contributed by atoms with E-state index in [9.17, 15) is 4.79 Å². The van der Waals surface area contributed by atoms with Gasteiger partial charge in [0.1, 0.15) is 0 Å². The Bertz CT molecular complexity index is 348. The number of nitrogens with two attached hydrogens (primary N) is 1. The number of hydrogen-bond donors (Lipinski definition) is 1. The molecule has 0 aromatic rings. The van der Waals surface area contributed by atoms with Gasteiger partial charge in [0.05, 0.1) is 0 Å². The Morgan fingerprint density at radius 3 is 2.62 bits per heavy atom. The molecule has 0 radical (unpaired) electrons. The maximum atomic E-state index is 11.0. The average molecular weight is 196 g/mol. The zero-order valence-electron chi connectivity index (χ0n) is 7.25. The van der Waals surface area contributed by atoms with Crippen molar-refractivity contribution in [3.05, 3.63) is 46.6 Å². The lowest BCUT2D eigenvalue weighted by molar-refractivity contribution is -0.114. The topological polar surface area (TPSA) is 43.1 Å². The van der Waals surface area contributed by atoms with Crippen molar-refractivity contribution in [1.29, 1.82) is 0 Å². The van der Waals surface area contributed by atoms with E-state index in [1.54, 1.807) is 18.2 Å². The van der Waals surface area contributed by atoms with Gasteiger partial charge < -0.3 is 5.73 Å². The van der Waals surface area contributed by atoms with Crippen LogP contribution in [0.5, 0.6) is 0 Å². The number of carbonyl (C=O) groups is 1. The van der Waals surface area contributed by atoms with Gasteiger partial charge in [-0.3, -0.25) is 4.79 Å². The molecule has 0 saturated carbocycles. The first-order chi connectivity index (χ1) is 6.11. The molecule has 68 valence electrons. The first kappa shape index (κ1) is 9.81. The molecular formula is C10H10ClNO. The molecule has 2 N–H and O–H groups in total. The summed E-state index contributed by atoms with van der Waals surface area (Å²) < 4.78 is 0. The summed E-state index contributed by atoms with van der Waals surface area (Å²) in [6, 6.07) is 0. The molecule has 0 atom stereocenters. The van der Waals surface area contributed by atoms with E-state index in [-0.39, 0.29) is 0 Å². The van der Waals surface area contributed by atoms with Crippen LogP contribution in [0.3, 0.4) is 0 Å². The smallest absolute Gasteiger partial charge is 0.249 e. The molecule has 0 bridgehead atoms. The standard InChI is InChI=1S/C10H10ClNO/c1-7-4-2-3-5-8(11)6-9(7)10(12)13/h2-6H,1H3,(H2,12,13)/b3-2+,4-2?,5-3?,7-4?,8-5+,8-6?,9-6?,9-7?. The maximum absolute atomic E-state index is 11.0. The van der Waals surface area contributed by atoms with E-state index in [0.717, 1.165) is 5.57 Å². The Hall–Kier alpha value is -1.28. The maximum Gasteiger partial charge on any atom is 0.249 e. The lowest BCUT2D eigenvalue weighted by Crippen LogP contribution is -2.14. The summed E-state index contributed by atoms with van der Waals surface area (Å²) in [4.78, 5) is 11.0. The van der Waals surface area contributed by atoms with Crippen LogP contribution in [-0.4, -0.2) is 5.91 Å². The molecule has 0 aliphatic heterocycles. The summed E-state index contributed by atoms with van der Waals surface area (Å²) in [6.45, 7) is 1.82. The predicted molar refractivity (Wildman–Crippen MR) is 54.1 cm³/mol. The van der Waals surface area contributed by atoms with Crippen molar-refractivity contribution >= 4 is 17.5 Å². The molecule has 1 aliphatic carbocycles. The molecule has 0 unspecified atom stereocenters. The Balaban J connectivity index is 3.14. The van der Waals surface area contributed by atoms with Crippen molar-refractivity contribution in [2.75, 3.05) is 0 Å². The average Bonchev–Trinajstić information content (AvgIpc) is 2.04. The third kappa shape index (κ3) is 2.60. The van der Waals surface area contributed by atoms with E-state index in [1.165, 1.54) is 0 Å². The van der Waals surface area contributed by atoms with Crippen LogP contribution in [0.2, 0.25) is 0 Å². The number of halogens is 1. The van der Waals surface area contributed by atoms with Crippen LogP contribution in [0.1, 0.15) is 6.92 Å². The van der Waals surface area contributed by atoms with Gasteiger partial charge in [-0.1, -0.05) is 29.8 Å². The number of hydrogen-bond acceptors (Lipinski definition) is 1. The van der Waals surface area contributed by atoms with Crippen LogP contribution in [0.25, 0.3) is 0 Å². The zero-order valence-corrected chi connectivity index (χ0v) is 8.01. The highest BCUT2D eigenvalue weighted by Crippen LogP contribution is 2.16. The monoisotopic (exact) mass is 195 g/mol. The predicted octanol–water partition coefficient (Wildman–Crippen LogP) is 2.04. The minimum Gasteiger partial charge on any atom is -0.366 e. The SMILES string of the molecule is CC1=C/C=C/C=C(/Cl)C=C1C(N)=O. The van der Waals surface area contributed by atoms with Gasteiger partial charge in [0, 0.05) is 10.6 Å².